The number of nitrogens with one attached hydrogen (secondary N) is 1. The normalized spacial score (nSPS) is 11.0. The minimum Gasteiger partial charge on any atom is -0.494 e. The number of carbonyl (C=O) groups excluding carboxylic acids is 1. The Morgan fingerprint density at radius 1 is 0.816 bits per heavy atom. The number of halogens is 1. The van der Waals surface area contributed by atoms with E-state index < -0.39 is 0 Å². The Morgan fingerprint density at radius 2 is 1.53 bits per heavy atom. The summed E-state index contributed by atoms with van der Waals surface area (Å²) in [5.74, 6) is 1.66. The minimum absolute atomic E-state index is 0.0209. The first kappa shape index (κ1) is 25.6. The fourth-order valence-electron chi connectivity index (χ4n) is 4.47. The van der Waals surface area contributed by atoms with Gasteiger partial charge in [0.2, 0.25) is 5.91 Å². The summed E-state index contributed by atoms with van der Waals surface area (Å²) in [5, 5.41) is 3.76. The summed E-state index contributed by atoms with van der Waals surface area (Å²) in [6.07, 6.45) is 2.17. The number of para-hydroxylation sites is 2. The van der Waals surface area contributed by atoms with Crippen LogP contribution in [0.2, 0.25) is 5.02 Å². The standard InChI is InChI=1S/C32H30ClN3O2/c33-27-16-18-28(19-17-27)38-21-7-6-20-36-30-11-5-4-10-29(30)35-31(36)23-34-32(37)22-24-12-14-26(15-13-24)25-8-2-1-3-9-25/h1-5,8-19H,6-7,20-23H2,(H,34,37). The largest absolute Gasteiger partial charge is 0.494 e. The van der Waals surface area contributed by atoms with Crippen molar-refractivity contribution in [2.45, 2.75) is 32.4 Å². The Balaban J connectivity index is 1.16. The molecule has 1 aromatic heterocycles. The van der Waals surface area contributed by atoms with Gasteiger partial charge in [0, 0.05) is 11.6 Å². The molecule has 0 fully saturated rings. The van der Waals surface area contributed by atoms with Crippen molar-refractivity contribution in [2.24, 2.45) is 0 Å². The Labute approximate surface area is 228 Å². The molecule has 5 aromatic rings. The fraction of sp³-hybridized carbons (Fsp3) is 0.188. The van der Waals surface area contributed by atoms with Crippen LogP contribution in [-0.2, 0) is 24.3 Å². The molecule has 0 unspecified atom stereocenters. The highest BCUT2D eigenvalue weighted by molar-refractivity contribution is 6.30. The number of aryl methyl sites for hydroxylation is 1. The second-order valence-electron chi connectivity index (χ2n) is 9.19. The molecule has 0 saturated carbocycles. The first-order valence-electron chi connectivity index (χ1n) is 12.9. The molecule has 0 bridgehead atoms. The summed E-state index contributed by atoms with van der Waals surface area (Å²) >= 11 is 5.94. The van der Waals surface area contributed by atoms with Gasteiger partial charge in [-0.05, 0) is 65.9 Å². The zero-order valence-corrected chi connectivity index (χ0v) is 21.9. The highest BCUT2D eigenvalue weighted by Crippen LogP contribution is 2.20. The number of ether oxygens (including phenoxy) is 1. The zero-order valence-electron chi connectivity index (χ0n) is 21.1. The monoisotopic (exact) mass is 523 g/mol. The highest BCUT2D eigenvalue weighted by Gasteiger charge is 2.12. The van der Waals surface area contributed by atoms with Gasteiger partial charge in [0.05, 0.1) is 30.6 Å². The van der Waals surface area contributed by atoms with Crippen LogP contribution in [0.5, 0.6) is 5.75 Å². The van der Waals surface area contributed by atoms with Crippen molar-refractivity contribution in [1.82, 2.24) is 14.9 Å². The van der Waals surface area contributed by atoms with Crippen molar-refractivity contribution >= 4 is 28.5 Å². The number of hydrogen-bond acceptors (Lipinski definition) is 3. The van der Waals surface area contributed by atoms with Crippen molar-refractivity contribution < 1.29 is 9.53 Å². The van der Waals surface area contributed by atoms with E-state index in [1.807, 2.05) is 72.8 Å². The average Bonchev–Trinajstić information content (AvgIpc) is 3.31. The van der Waals surface area contributed by atoms with Crippen LogP contribution < -0.4 is 10.1 Å². The van der Waals surface area contributed by atoms with E-state index in [1.54, 1.807) is 0 Å². The van der Waals surface area contributed by atoms with Crippen LogP contribution in [0.25, 0.3) is 22.2 Å². The maximum atomic E-state index is 12.7. The number of unbranched alkanes of at least 4 members (excludes halogenated alkanes) is 1. The number of imidazole rings is 1. The van der Waals surface area contributed by atoms with Crippen LogP contribution in [0, 0.1) is 0 Å². The number of carbonyl (C=O) groups is 1. The number of fused-ring (bicyclic) bond motifs is 1. The molecule has 0 saturated heterocycles. The van der Waals surface area contributed by atoms with E-state index in [4.69, 9.17) is 21.3 Å². The molecular formula is C32H30ClN3O2. The zero-order chi connectivity index (χ0) is 26.2. The van der Waals surface area contributed by atoms with Gasteiger partial charge >= 0.3 is 0 Å². The van der Waals surface area contributed by atoms with Gasteiger partial charge in [-0.1, -0.05) is 78.3 Å². The van der Waals surface area contributed by atoms with Crippen LogP contribution in [0.4, 0.5) is 0 Å². The van der Waals surface area contributed by atoms with Crippen LogP contribution in [0.15, 0.2) is 103 Å². The molecule has 1 heterocycles. The van der Waals surface area contributed by atoms with Gasteiger partial charge in [-0.3, -0.25) is 4.79 Å². The van der Waals surface area contributed by atoms with Gasteiger partial charge in [0.15, 0.2) is 0 Å². The smallest absolute Gasteiger partial charge is 0.224 e. The maximum absolute atomic E-state index is 12.7. The summed E-state index contributed by atoms with van der Waals surface area (Å²) in [6, 6.07) is 33.9. The molecular weight excluding hydrogens is 494 g/mol. The first-order valence-corrected chi connectivity index (χ1v) is 13.3. The molecule has 6 heteroatoms. The van der Waals surface area contributed by atoms with Gasteiger partial charge in [0.1, 0.15) is 11.6 Å². The third kappa shape index (κ3) is 6.61. The quantitative estimate of drug-likeness (QED) is 0.188. The van der Waals surface area contributed by atoms with Gasteiger partial charge < -0.3 is 14.6 Å². The van der Waals surface area contributed by atoms with Crippen LogP contribution in [0.3, 0.4) is 0 Å². The molecule has 1 N–H and O–H groups in total. The number of benzene rings is 4. The second-order valence-corrected chi connectivity index (χ2v) is 9.63. The van der Waals surface area contributed by atoms with E-state index >= 15 is 0 Å². The van der Waals surface area contributed by atoms with Gasteiger partial charge in [0.25, 0.3) is 0 Å². The fourth-order valence-corrected chi connectivity index (χ4v) is 4.60. The molecule has 38 heavy (non-hydrogen) atoms. The molecule has 1 amide bonds. The van der Waals surface area contributed by atoms with Gasteiger partial charge in [-0.25, -0.2) is 4.98 Å². The van der Waals surface area contributed by atoms with E-state index in [0.717, 1.165) is 53.1 Å². The lowest BCUT2D eigenvalue weighted by Gasteiger charge is -2.11. The topological polar surface area (TPSA) is 56.2 Å². The molecule has 0 radical (unpaired) electrons. The summed E-state index contributed by atoms with van der Waals surface area (Å²) in [4.78, 5) is 17.5. The number of hydrogen-bond donors (Lipinski definition) is 1. The Kier molecular flexibility index (Phi) is 8.36. The van der Waals surface area contributed by atoms with Crippen molar-refractivity contribution in [2.75, 3.05) is 6.61 Å². The number of amides is 1. The third-order valence-corrected chi connectivity index (χ3v) is 6.71. The first-order chi connectivity index (χ1) is 18.7. The number of nitrogens with zero attached hydrogens (tertiary/aromatic N) is 2. The van der Waals surface area contributed by atoms with Crippen molar-refractivity contribution in [1.29, 1.82) is 0 Å². The molecule has 0 atom stereocenters. The maximum Gasteiger partial charge on any atom is 0.224 e. The molecule has 5 rings (SSSR count). The van der Waals surface area contributed by atoms with Crippen molar-refractivity contribution in [3.8, 4) is 16.9 Å². The lowest BCUT2D eigenvalue weighted by Crippen LogP contribution is -2.26. The van der Waals surface area contributed by atoms with Gasteiger partial charge in [-0.2, -0.15) is 0 Å². The number of aromatic nitrogens is 2. The third-order valence-electron chi connectivity index (χ3n) is 6.46. The van der Waals surface area contributed by atoms with Crippen LogP contribution in [-0.4, -0.2) is 22.1 Å². The van der Waals surface area contributed by atoms with E-state index in [1.165, 1.54) is 5.56 Å². The van der Waals surface area contributed by atoms with E-state index in [-0.39, 0.29) is 5.91 Å². The van der Waals surface area contributed by atoms with Gasteiger partial charge in [-0.15, -0.1) is 0 Å². The highest BCUT2D eigenvalue weighted by atomic mass is 35.5. The lowest BCUT2D eigenvalue weighted by molar-refractivity contribution is -0.120. The predicted octanol–water partition coefficient (Wildman–Crippen LogP) is 7.07. The van der Waals surface area contributed by atoms with E-state index in [2.05, 4.69) is 40.2 Å². The molecule has 0 aliphatic rings. The number of rotatable bonds is 11. The summed E-state index contributed by atoms with van der Waals surface area (Å²) in [5.41, 5.74) is 5.30. The lowest BCUT2D eigenvalue weighted by atomic mass is 10.0. The molecule has 192 valence electrons. The Morgan fingerprint density at radius 3 is 2.32 bits per heavy atom. The van der Waals surface area contributed by atoms with Crippen LogP contribution in [0.1, 0.15) is 24.2 Å². The molecule has 0 aliphatic carbocycles. The predicted molar refractivity (Wildman–Crippen MR) is 153 cm³/mol. The summed E-state index contributed by atoms with van der Waals surface area (Å²) in [7, 11) is 0. The Bertz CT molecular complexity index is 1480. The van der Waals surface area contributed by atoms with Crippen molar-refractivity contribution in [3.05, 3.63) is 120 Å². The molecule has 0 spiro atoms. The molecule has 4 aromatic carbocycles. The van der Waals surface area contributed by atoms with E-state index in [9.17, 15) is 4.79 Å². The summed E-state index contributed by atoms with van der Waals surface area (Å²) < 4.78 is 8.03. The van der Waals surface area contributed by atoms with Crippen molar-refractivity contribution in [3.63, 3.8) is 0 Å². The Hall–Kier alpha value is -4.09. The van der Waals surface area contributed by atoms with Crippen LogP contribution >= 0.6 is 11.6 Å². The minimum atomic E-state index is -0.0209. The van der Waals surface area contributed by atoms with E-state index in [0.29, 0.717) is 24.6 Å². The molecule has 0 aliphatic heterocycles. The SMILES string of the molecule is O=C(Cc1ccc(-c2ccccc2)cc1)NCc1nc2ccccc2n1CCCCOc1ccc(Cl)cc1. The average molecular weight is 524 g/mol. The second kappa shape index (κ2) is 12.4. The summed E-state index contributed by atoms with van der Waals surface area (Å²) in [6.45, 7) is 1.82. The molecule has 5 nitrogen and oxygen atoms in total.